The quantitative estimate of drug-likeness (QED) is 0.313. The SMILES string of the molecule is COc1cc([N+]#N)c(OC)cc1S.Cc1ccccc1.F[B-](F)(F)F. The monoisotopic (exact) mass is 376 g/mol. The zero-order valence-electron chi connectivity index (χ0n) is 13.8. The third-order valence-corrected chi connectivity index (χ3v) is 2.88. The van der Waals surface area contributed by atoms with E-state index in [2.05, 4.69) is 36.7 Å². The fourth-order valence-electron chi connectivity index (χ4n) is 1.48. The molecule has 0 aromatic heterocycles. The minimum absolute atomic E-state index is 0.317. The highest BCUT2D eigenvalue weighted by Crippen LogP contribution is 2.36. The molecule has 0 saturated heterocycles. The van der Waals surface area contributed by atoms with E-state index in [1.165, 1.54) is 19.8 Å². The van der Waals surface area contributed by atoms with E-state index in [1.807, 2.05) is 18.2 Å². The lowest BCUT2D eigenvalue weighted by Gasteiger charge is -2.02. The van der Waals surface area contributed by atoms with Crippen LogP contribution in [0.3, 0.4) is 0 Å². The number of benzene rings is 2. The highest BCUT2D eigenvalue weighted by Gasteiger charge is 2.20. The molecule has 0 aliphatic rings. The molecule has 0 heterocycles. The smallest absolute Gasteiger partial charge is 0.495 e. The van der Waals surface area contributed by atoms with Crippen molar-refractivity contribution in [2.75, 3.05) is 14.2 Å². The maximum absolute atomic E-state index is 9.75. The molecule has 4 nitrogen and oxygen atoms in total. The van der Waals surface area contributed by atoms with Crippen molar-refractivity contribution >= 4 is 25.6 Å². The number of diazo groups is 1. The molecule has 0 aliphatic carbocycles. The Morgan fingerprint density at radius 3 is 1.76 bits per heavy atom. The first-order chi connectivity index (χ1) is 11.6. The molecule has 0 aliphatic heterocycles. The predicted molar refractivity (Wildman–Crippen MR) is 92.9 cm³/mol. The van der Waals surface area contributed by atoms with Gasteiger partial charge in [0.05, 0.1) is 25.2 Å². The standard InChI is InChI=1S/C8H8N2O2S.C7H8.BF4/c1-11-6-4-8(13)7(12-2)3-5(6)10-9;1-7-5-3-2-4-6-7;2-1(3,4)5/h3-4H,1-2H3;2-6H,1H3;/q;;-1/p+1. The molecule has 0 bridgehead atoms. The summed E-state index contributed by atoms with van der Waals surface area (Å²) in [5.41, 5.74) is 1.64. The number of ether oxygens (including phenoxy) is 2. The van der Waals surface area contributed by atoms with Crippen molar-refractivity contribution in [3.63, 3.8) is 0 Å². The van der Waals surface area contributed by atoms with Crippen LogP contribution in [0.5, 0.6) is 11.5 Å². The summed E-state index contributed by atoms with van der Waals surface area (Å²) in [6, 6.07) is 13.4. The zero-order valence-corrected chi connectivity index (χ0v) is 14.7. The molecule has 25 heavy (non-hydrogen) atoms. The van der Waals surface area contributed by atoms with Gasteiger partial charge in [0.25, 0.3) is 0 Å². The minimum atomic E-state index is -6.00. The van der Waals surface area contributed by atoms with Gasteiger partial charge in [-0.15, -0.1) is 12.6 Å². The largest absolute Gasteiger partial charge is 0.673 e. The third-order valence-electron chi connectivity index (χ3n) is 2.53. The molecule has 10 heteroatoms. The number of halogens is 4. The summed E-state index contributed by atoms with van der Waals surface area (Å²) in [5, 5.41) is 8.62. The van der Waals surface area contributed by atoms with Gasteiger partial charge in [0, 0.05) is 6.07 Å². The van der Waals surface area contributed by atoms with Gasteiger partial charge >= 0.3 is 12.9 Å². The van der Waals surface area contributed by atoms with Crippen LogP contribution in [0.15, 0.2) is 47.4 Å². The first-order valence-electron chi connectivity index (χ1n) is 6.81. The van der Waals surface area contributed by atoms with Crippen LogP contribution in [0.2, 0.25) is 0 Å². The fourth-order valence-corrected chi connectivity index (χ4v) is 1.75. The average molecular weight is 376 g/mol. The van der Waals surface area contributed by atoms with Gasteiger partial charge in [-0.1, -0.05) is 35.9 Å². The average Bonchev–Trinajstić information content (AvgIpc) is 2.54. The zero-order chi connectivity index (χ0) is 19.5. The number of aryl methyl sites for hydroxylation is 1. The van der Waals surface area contributed by atoms with Crippen LogP contribution in [0.4, 0.5) is 23.0 Å². The number of hydrogen-bond donors (Lipinski definition) is 1. The summed E-state index contributed by atoms with van der Waals surface area (Å²) < 4.78 is 48.9. The van der Waals surface area contributed by atoms with E-state index in [0.29, 0.717) is 22.1 Å². The number of rotatable bonds is 2. The molecule has 136 valence electrons. The number of methoxy groups -OCH3 is 2. The van der Waals surface area contributed by atoms with E-state index in [-0.39, 0.29) is 0 Å². The van der Waals surface area contributed by atoms with Crippen LogP contribution < -0.4 is 9.47 Å². The van der Waals surface area contributed by atoms with Gasteiger partial charge in [0.15, 0.2) is 4.98 Å². The van der Waals surface area contributed by atoms with Crippen LogP contribution >= 0.6 is 12.6 Å². The first-order valence-corrected chi connectivity index (χ1v) is 7.26. The van der Waals surface area contributed by atoms with Crippen molar-refractivity contribution in [1.29, 1.82) is 5.39 Å². The molecule has 0 unspecified atom stereocenters. The Bertz CT molecular complexity index is 688. The summed E-state index contributed by atoms with van der Waals surface area (Å²) in [6.07, 6.45) is 0. The molecule has 0 saturated carbocycles. The van der Waals surface area contributed by atoms with E-state index >= 15 is 0 Å². The molecule has 0 fully saturated rings. The molecule has 0 N–H and O–H groups in total. The van der Waals surface area contributed by atoms with Crippen molar-refractivity contribution in [1.82, 2.24) is 0 Å². The van der Waals surface area contributed by atoms with E-state index in [4.69, 9.17) is 14.9 Å². The molecule has 0 radical (unpaired) electrons. The maximum Gasteiger partial charge on any atom is 0.673 e. The third kappa shape index (κ3) is 10.9. The van der Waals surface area contributed by atoms with Crippen LogP contribution in [-0.2, 0) is 0 Å². The Morgan fingerprint density at radius 2 is 1.44 bits per heavy atom. The lowest BCUT2D eigenvalue weighted by atomic mass is 10.2. The van der Waals surface area contributed by atoms with Gasteiger partial charge in [0.1, 0.15) is 5.75 Å². The molecule has 0 amide bonds. The van der Waals surface area contributed by atoms with E-state index in [1.54, 1.807) is 12.1 Å². The van der Waals surface area contributed by atoms with Crippen LogP contribution in [0.25, 0.3) is 4.98 Å². The van der Waals surface area contributed by atoms with Crippen molar-refractivity contribution in [3.05, 3.63) is 53.0 Å². The number of thiol groups is 1. The van der Waals surface area contributed by atoms with Gasteiger partial charge in [-0.25, -0.2) is 0 Å². The van der Waals surface area contributed by atoms with Crippen molar-refractivity contribution in [3.8, 4) is 11.5 Å². The van der Waals surface area contributed by atoms with Gasteiger partial charge in [-0.2, -0.15) is 0 Å². The van der Waals surface area contributed by atoms with E-state index in [9.17, 15) is 17.3 Å². The predicted octanol–water partition coefficient (Wildman–Crippen LogP) is 5.77. The second-order valence-electron chi connectivity index (χ2n) is 4.45. The summed E-state index contributed by atoms with van der Waals surface area (Å²) in [5.74, 6) is 0.991. The molecule has 2 rings (SSSR count). The number of nitrogens with zero attached hydrogens (tertiary/aromatic N) is 2. The van der Waals surface area contributed by atoms with Gasteiger partial charge in [0.2, 0.25) is 11.1 Å². The van der Waals surface area contributed by atoms with E-state index < -0.39 is 7.25 Å². The Morgan fingerprint density at radius 1 is 0.960 bits per heavy atom. The van der Waals surface area contributed by atoms with Crippen LogP contribution in [0, 0.1) is 12.3 Å². The second-order valence-corrected chi connectivity index (χ2v) is 4.93. The van der Waals surface area contributed by atoms with Crippen molar-refractivity contribution in [2.45, 2.75) is 11.8 Å². The summed E-state index contributed by atoms with van der Waals surface area (Å²) in [7, 11) is -2.99. The lowest BCUT2D eigenvalue weighted by molar-refractivity contribution is 0.368. The van der Waals surface area contributed by atoms with Gasteiger partial charge < -0.3 is 26.7 Å². The van der Waals surface area contributed by atoms with E-state index in [0.717, 1.165) is 0 Å². The Hall–Kier alpha value is -2.41. The molecule has 2 aromatic rings. The highest BCUT2D eigenvalue weighted by molar-refractivity contribution is 7.80. The topological polar surface area (TPSA) is 46.6 Å². The van der Waals surface area contributed by atoms with Crippen molar-refractivity contribution < 1.29 is 26.7 Å². The van der Waals surface area contributed by atoms with Gasteiger partial charge in [-0.3, -0.25) is 0 Å². The normalized spacial score (nSPS) is 9.56. The van der Waals surface area contributed by atoms with Crippen LogP contribution in [0.1, 0.15) is 5.56 Å². The molecular formula is C15H17BF4N2O2S. The Labute approximate surface area is 148 Å². The lowest BCUT2D eigenvalue weighted by Crippen LogP contribution is -2.02. The Kier molecular flexibility index (Phi) is 10.1. The highest BCUT2D eigenvalue weighted by atomic mass is 32.1. The second kappa shape index (κ2) is 11.2. The summed E-state index contributed by atoms with van der Waals surface area (Å²) >= 11 is 4.16. The minimum Gasteiger partial charge on any atom is -0.495 e. The molecule has 0 spiro atoms. The molecular weight excluding hydrogens is 359 g/mol. The Balaban J connectivity index is 0.000000401. The van der Waals surface area contributed by atoms with Crippen LogP contribution in [-0.4, -0.2) is 21.5 Å². The number of hydrogen-bond acceptors (Lipinski definition) is 4. The fraction of sp³-hybridized carbons (Fsp3) is 0.200. The molecule has 0 atom stereocenters. The first kappa shape index (κ1) is 22.6. The van der Waals surface area contributed by atoms with Crippen molar-refractivity contribution in [2.24, 2.45) is 0 Å². The summed E-state index contributed by atoms with van der Waals surface area (Å²) in [6.45, 7) is 2.08. The van der Waals surface area contributed by atoms with Gasteiger partial charge in [-0.05, 0) is 6.92 Å². The maximum atomic E-state index is 9.75. The molecule has 2 aromatic carbocycles. The summed E-state index contributed by atoms with van der Waals surface area (Å²) in [4.78, 5) is 3.68.